The van der Waals surface area contributed by atoms with Crippen molar-refractivity contribution < 1.29 is 18.7 Å². The summed E-state index contributed by atoms with van der Waals surface area (Å²) in [4.78, 5) is 19.7. The van der Waals surface area contributed by atoms with Gasteiger partial charge in [-0.1, -0.05) is 43.7 Å². The number of aliphatic hydroxyl groups is 1. The minimum absolute atomic E-state index is 0.108. The average molecular weight is 551 g/mol. The van der Waals surface area contributed by atoms with Gasteiger partial charge in [-0.05, 0) is 72.7 Å². The quantitative estimate of drug-likeness (QED) is 0.287. The maximum absolute atomic E-state index is 13.9. The highest BCUT2D eigenvalue weighted by molar-refractivity contribution is 5.76. The molecular formula is C32H40F2N4O2. The second-order valence-corrected chi connectivity index (χ2v) is 10.6. The summed E-state index contributed by atoms with van der Waals surface area (Å²) in [5, 5.41) is 17.3. The molecule has 2 aromatic carbocycles. The van der Waals surface area contributed by atoms with Crippen LogP contribution in [0.15, 0.2) is 67.0 Å². The highest BCUT2D eigenvalue weighted by Crippen LogP contribution is 2.30. The third-order valence-corrected chi connectivity index (χ3v) is 7.58. The summed E-state index contributed by atoms with van der Waals surface area (Å²) in [6.45, 7) is 4.36. The molecule has 6 nitrogen and oxygen atoms in total. The summed E-state index contributed by atoms with van der Waals surface area (Å²) in [6.07, 6.45) is 7.24. The van der Waals surface area contributed by atoms with E-state index in [2.05, 4.69) is 45.6 Å². The van der Waals surface area contributed by atoms with Crippen molar-refractivity contribution in [2.75, 3.05) is 19.6 Å². The summed E-state index contributed by atoms with van der Waals surface area (Å²) in [6, 6.07) is 15.0. The van der Waals surface area contributed by atoms with Gasteiger partial charge in [-0.25, -0.2) is 8.78 Å². The van der Waals surface area contributed by atoms with Crippen molar-refractivity contribution in [1.82, 2.24) is 20.5 Å². The Morgan fingerprint density at radius 3 is 2.62 bits per heavy atom. The van der Waals surface area contributed by atoms with Crippen LogP contribution in [0, 0.1) is 11.6 Å². The number of hydrogen-bond acceptors (Lipinski definition) is 5. The van der Waals surface area contributed by atoms with Gasteiger partial charge in [0.1, 0.15) is 11.6 Å². The van der Waals surface area contributed by atoms with Crippen molar-refractivity contribution in [3.05, 3.63) is 101 Å². The van der Waals surface area contributed by atoms with Gasteiger partial charge in [-0.3, -0.25) is 14.7 Å². The van der Waals surface area contributed by atoms with Crippen LogP contribution < -0.4 is 10.6 Å². The second-order valence-electron chi connectivity index (χ2n) is 10.6. The molecule has 4 rings (SSSR count). The number of halogens is 2. The number of rotatable bonds is 13. The molecule has 8 heteroatoms. The van der Waals surface area contributed by atoms with Crippen LogP contribution >= 0.6 is 0 Å². The van der Waals surface area contributed by atoms with E-state index < -0.39 is 23.8 Å². The molecule has 0 saturated carbocycles. The summed E-state index contributed by atoms with van der Waals surface area (Å²) in [7, 11) is 0. The number of piperidine rings is 1. The monoisotopic (exact) mass is 550 g/mol. The zero-order valence-corrected chi connectivity index (χ0v) is 23.2. The van der Waals surface area contributed by atoms with Gasteiger partial charge < -0.3 is 15.7 Å². The van der Waals surface area contributed by atoms with Crippen LogP contribution in [0.2, 0.25) is 0 Å². The lowest BCUT2D eigenvalue weighted by Gasteiger charge is -2.36. The maximum atomic E-state index is 13.9. The molecule has 0 bridgehead atoms. The highest BCUT2D eigenvalue weighted by Gasteiger charge is 2.26. The fourth-order valence-corrected chi connectivity index (χ4v) is 5.47. The molecule has 1 saturated heterocycles. The first kappa shape index (κ1) is 29.8. The smallest absolute Gasteiger partial charge is 0.221 e. The molecule has 3 N–H and O–H groups in total. The van der Waals surface area contributed by atoms with Gasteiger partial charge in [0.2, 0.25) is 5.91 Å². The van der Waals surface area contributed by atoms with Gasteiger partial charge in [-0.2, -0.15) is 0 Å². The number of nitrogens with one attached hydrogen (secondary N) is 2. The van der Waals surface area contributed by atoms with E-state index in [1.807, 2.05) is 24.4 Å². The van der Waals surface area contributed by atoms with E-state index in [1.54, 1.807) is 6.20 Å². The van der Waals surface area contributed by atoms with E-state index in [-0.39, 0.29) is 31.3 Å². The van der Waals surface area contributed by atoms with Gasteiger partial charge >= 0.3 is 0 Å². The van der Waals surface area contributed by atoms with E-state index in [1.165, 1.54) is 17.7 Å². The lowest BCUT2D eigenvalue weighted by Crippen LogP contribution is -2.49. The first-order valence-electron chi connectivity index (χ1n) is 14.3. The summed E-state index contributed by atoms with van der Waals surface area (Å²) >= 11 is 0. The Bertz CT molecular complexity index is 1210. The van der Waals surface area contributed by atoms with Crippen molar-refractivity contribution in [1.29, 1.82) is 0 Å². The van der Waals surface area contributed by atoms with Crippen LogP contribution in [-0.2, 0) is 24.2 Å². The van der Waals surface area contributed by atoms with Gasteiger partial charge in [0.05, 0.1) is 12.1 Å². The summed E-state index contributed by atoms with van der Waals surface area (Å²) < 4.78 is 27.8. The van der Waals surface area contributed by atoms with Gasteiger partial charge in [0.15, 0.2) is 0 Å². The zero-order chi connectivity index (χ0) is 28.3. The van der Waals surface area contributed by atoms with E-state index in [9.17, 15) is 18.7 Å². The van der Waals surface area contributed by atoms with E-state index >= 15 is 0 Å². The molecule has 0 spiro atoms. The van der Waals surface area contributed by atoms with Crippen LogP contribution in [0.4, 0.5) is 8.78 Å². The first-order valence-corrected chi connectivity index (χ1v) is 14.3. The molecule has 0 radical (unpaired) electrons. The number of aliphatic hydroxyl groups excluding tert-OH is 1. The Kier molecular flexibility index (Phi) is 11.1. The van der Waals surface area contributed by atoms with Crippen LogP contribution in [0.1, 0.15) is 60.9 Å². The predicted octanol–water partition coefficient (Wildman–Crippen LogP) is 4.72. The normalized spacial score (nSPS) is 17.4. The van der Waals surface area contributed by atoms with Crippen molar-refractivity contribution in [3.63, 3.8) is 0 Å². The molecule has 3 atom stereocenters. The number of hydrogen-bond donors (Lipinski definition) is 3. The number of nitrogens with zero attached hydrogens (tertiary/aromatic N) is 2. The predicted molar refractivity (Wildman–Crippen MR) is 153 cm³/mol. The molecule has 1 aromatic heterocycles. The number of benzene rings is 2. The number of carbonyl (C=O) groups is 1. The van der Waals surface area contributed by atoms with Crippen molar-refractivity contribution in [2.24, 2.45) is 0 Å². The Morgan fingerprint density at radius 2 is 1.88 bits per heavy atom. The second kappa shape index (κ2) is 15.0. The third-order valence-electron chi connectivity index (χ3n) is 7.58. The molecule has 1 aliphatic heterocycles. The zero-order valence-electron chi connectivity index (χ0n) is 23.2. The van der Waals surface area contributed by atoms with E-state index in [0.29, 0.717) is 18.7 Å². The number of amides is 1. The third kappa shape index (κ3) is 8.91. The number of likely N-dealkylation sites (tertiary alicyclic amines) is 1. The molecule has 2 heterocycles. The Balaban J connectivity index is 1.37. The van der Waals surface area contributed by atoms with Crippen LogP contribution in [-0.4, -0.2) is 52.7 Å². The molecule has 1 amide bonds. The van der Waals surface area contributed by atoms with Crippen molar-refractivity contribution in [3.8, 4) is 0 Å². The Morgan fingerprint density at radius 1 is 1.07 bits per heavy atom. The van der Waals surface area contributed by atoms with E-state index in [0.717, 1.165) is 49.4 Å². The summed E-state index contributed by atoms with van der Waals surface area (Å²) in [5.41, 5.74) is 3.87. The number of carbonyl (C=O) groups excluding carboxylic acids is 1. The minimum Gasteiger partial charge on any atom is -0.390 e. The van der Waals surface area contributed by atoms with Crippen molar-refractivity contribution in [2.45, 2.75) is 70.2 Å². The summed E-state index contributed by atoms with van der Waals surface area (Å²) in [5.74, 6) is -1.57. The number of aromatic nitrogens is 1. The lowest BCUT2D eigenvalue weighted by atomic mass is 9.96. The standard InChI is InChI=1S/C32H40F2N4O2/c1-2-23-7-5-8-24(15-23)20-36-22-31(39)29(18-25-16-27(33)19-28(34)17-25)37-32(40)11-14-38-13-4-3-10-30(38)26-9-6-12-35-21-26/h5-9,12,15-17,19,21,29-31,36,39H,2-4,10-11,13-14,18,20,22H2,1H3,(H,37,40). The van der Waals surface area contributed by atoms with Gasteiger partial charge in [0.25, 0.3) is 0 Å². The van der Waals surface area contributed by atoms with E-state index in [4.69, 9.17) is 0 Å². The molecule has 3 unspecified atom stereocenters. The molecule has 3 aromatic rings. The SMILES string of the molecule is CCc1cccc(CNCC(O)C(Cc2cc(F)cc(F)c2)NC(=O)CCN2CCCCC2c2cccnc2)c1. The molecule has 0 aliphatic carbocycles. The van der Waals surface area contributed by atoms with Crippen LogP contribution in [0.25, 0.3) is 0 Å². The topological polar surface area (TPSA) is 77.5 Å². The van der Waals surface area contributed by atoms with Crippen molar-refractivity contribution >= 4 is 5.91 Å². The lowest BCUT2D eigenvalue weighted by molar-refractivity contribution is -0.123. The van der Waals surface area contributed by atoms with Gasteiger partial charge in [0, 0.05) is 50.6 Å². The average Bonchev–Trinajstić information content (AvgIpc) is 2.96. The molecule has 214 valence electrons. The fourth-order valence-electron chi connectivity index (χ4n) is 5.47. The number of pyridine rings is 1. The molecular weight excluding hydrogens is 510 g/mol. The van der Waals surface area contributed by atoms with Crippen LogP contribution in [0.5, 0.6) is 0 Å². The Labute approximate surface area is 235 Å². The molecule has 1 fully saturated rings. The maximum Gasteiger partial charge on any atom is 0.221 e. The minimum atomic E-state index is -0.956. The molecule has 40 heavy (non-hydrogen) atoms. The first-order chi connectivity index (χ1) is 19.4. The Hall–Kier alpha value is -3.20. The van der Waals surface area contributed by atoms with Gasteiger partial charge in [-0.15, -0.1) is 0 Å². The number of aryl methyl sites for hydroxylation is 1. The highest BCUT2D eigenvalue weighted by atomic mass is 19.1. The largest absolute Gasteiger partial charge is 0.390 e. The van der Waals surface area contributed by atoms with Crippen LogP contribution in [0.3, 0.4) is 0 Å². The fraction of sp³-hybridized carbons (Fsp3) is 0.438. The molecule has 1 aliphatic rings.